The summed E-state index contributed by atoms with van der Waals surface area (Å²) in [6, 6.07) is 7.48. The second-order valence-corrected chi connectivity index (χ2v) is 5.43. The van der Waals surface area contributed by atoms with Gasteiger partial charge in [-0.3, -0.25) is 0 Å². The van der Waals surface area contributed by atoms with Crippen LogP contribution in [0.1, 0.15) is 52.5 Å². The summed E-state index contributed by atoms with van der Waals surface area (Å²) in [6.45, 7) is 8.53. The number of aromatic hydroxyl groups is 1. The van der Waals surface area contributed by atoms with Crippen molar-refractivity contribution in [1.82, 2.24) is 0 Å². The van der Waals surface area contributed by atoms with Crippen LogP contribution in [-0.4, -0.2) is 16.8 Å². The number of aliphatic hydroxyl groups excluding tert-OH is 1. The first kappa shape index (κ1) is 19.5. The van der Waals surface area contributed by atoms with Gasteiger partial charge < -0.3 is 10.2 Å². The number of phenols is 1. The predicted octanol–water partition coefficient (Wildman–Crippen LogP) is 5.02. The van der Waals surface area contributed by atoms with Crippen LogP contribution < -0.4 is 0 Å². The molecule has 2 nitrogen and oxygen atoms in total. The van der Waals surface area contributed by atoms with Gasteiger partial charge in [-0.05, 0) is 51.7 Å². The molecule has 0 heterocycles. The van der Waals surface area contributed by atoms with Crippen LogP contribution in [0.5, 0.6) is 5.75 Å². The molecular formula is C19H30O2. The molecule has 0 aliphatic heterocycles. The molecule has 0 radical (unpaired) electrons. The predicted molar refractivity (Wildman–Crippen MR) is 91.6 cm³/mol. The van der Waals surface area contributed by atoms with E-state index in [4.69, 9.17) is 5.11 Å². The first-order valence-electron chi connectivity index (χ1n) is 7.68. The number of allylic oxidation sites excluding steroid dienone is 3. The van der Waals surface area contributed by atoms with Crippen molar-refractivity contribution in [3.8, 4) is 5.75 Å². The molecule has 0 saturated heterocycles. The Labute approximate surface area is 129 Å². The topological polar surface area (TPSA) is 40.5 Å². The van der Waals surface area contributed by atoms with E-state index in [-0.39, 0.29) is 6.61 Å². The number of phenolic OH excluding ortho intramolecular Hbond substituents is 1. The SMILES string of the molecule is CC(C)=CCCC(C)=CCO.CCCc1ccccc1O. The minimum atomic E-state index is 0.167. The minimum absolute atomic E-state index is 0.167. The largest absolute Gasteiger partial charge is 0.508 e. The molecule has 1 aromatic rings. The van der Waals surface area contributed by atoms with E-state index in [9.17, 15) is 5.11 Å². The van der Waals surface area contributed by atoms with Gasteiger partial charge in [0.05, 0.1) is 6.61 Å². The Balaban J connectivity index is 0.000000382. The van der Waals surface area contributed by atoms with Gasteiger partial charge in [0.25, 0.3) is 0 Å². The molecule has 0 saturated carbocycles. The first-order chi connectivity index (χ1) is 10.0. The van der Waals surface area contributed by atoms with E-state index >= 15 is 0 Å². The molecule has 118 valence electrons. The van der Waals surface area contributed by atoms with Gasteiger partial charge in [-0.25, -0.2) is 0 Å². The highest BCUT2D eigenvalue weighted by Gasteiger charge is 1.95. The van der Waals surface area contributed by atoms with E-state index in [0.717, 1.165) is 31.2 Å². The van der Waals surface area contributed by atoms with Crippen LogP contribution >= 0.6 is 0 Å². The molecule has 1 rings (SSSR count). The molecule has 0 spiro atoms. The number of benzene rings is 1. The van der Waals surface area contributed by atoms with Gasteiger partial charge in [-0.1, -0.05) is 54.8 Å². The Hall–Kier alpha value is -1.54. The Morgan fingerprint density at radius 1 is 1.10 bits per heavy atom. The van der Waals surface area contributed by atoms with Crippen LogP contribution in [0.15, 0.2) is 47.6 Å². The van der Waals surface area contributed by atoms with Crippen LogP contribution in [0.2, 0.25) is 0 Å². The zero-order chi connectivity index (χ0) is 16.1. The summed E-state index contributed by atoms with van der Waals surface area (Å²) in [7, 11) is 0. The van der Waals surface area contributed by atoms with Crippen LogP contribution in [0.25, 0.3) is 0 Å². The van der Waals surface area contributed by atoms with Crippen molar-refractivity contribution in [3.05, 3.63) is 53.1 Å². The summed E-state index contributed by atoms with van der Waals surface area (Å²) in [5.41, 5.74) is 3.68. The van der Waals surface area contributed by atoms with Crippen LogP contribution in [-0.2, 0) is 6.42 Å². The molecule has 0 aliphatic rings. The molecular weight excluding hydrogens is 260 g/mol. The van der Waals surface area contributed by atoms with E-state index in [2.05, 4.69) is 33.8 Å². The fourth-order valence-electron chi connectivity index (χ4n) is 1.84. The van der Waals surface area contributed by atoms with Crippen molar-refractivity contribution in [1.29, 1.82) is 0 Å². The van der Waals surface area contributed by atoms with E-state index in [1.807, 2.05) is 24.3 Å². The summed E-state index contributed by atoms with van der Waals surface area (Å²) >= 11 is 0. The zero-order valence-electron chi connectivity index (χ0n) is 13.9. The summed E-state index contributed by atoms with van der Waals surface area (Å²) in [6.07, 6.45) is 8.27. The number of hydrogen-bond acceptors (Lipinski definition) is 2. The molecule has 0 fully saturated rings. The van der Waals surface area contributed by atoms with E-state index in [0.29, 0.717) is 5.75 Å². The van der Waals surface area contributed by atoms with E-state index in [1.54, 1.807) is 6.07 Å². The summed E-state index contributed by atoms with van der Waals surface area (Å²) < 4.78 is 0. The molecule has 0 aromatic heterocycles. The second kappa shape index (κ2) is 12.2. The standard InChI is InChI=1S/C10H18O.C9H12O/c1-9(2)5-4-6-10(3)7-8-11;1-2-5-8-6-3-4-7-9(8)10/h5,7,11H,4,6,8H2,1-3H3;3-4,6-7,10H,2,5H2,1H3. The fourth-order valence-corrected chi connectivity index (χ4v) is 1.84. The third-order valence-corrected chi connectivity index (χ3v) is 3.04. The van der Waals surface area contributed by atoms with E-state index < -0.39 is 0 Å². The van der Waals surface area contributed by atoms with Crippen molar-refractivity contribution in [2.75, 3.05) is 6.61 Å². The van der Waals surface area contributed by atoms with Crippen molar-refractivity contribution in [3.63, 3.8) is 0 Å². The third-order valence-electron chi connectivity index (χ3n) is 3.04. The Morgan fingerprint density at radius 2 is 1.76 bits per heavy atom. The van der Waals surface area contributed by atoms with Crippen LogP contribution in [0.3, 0.4) is 0 Å². The first-order valence-corrected chi connectivity index (χ1v) is 7.68. The van der Waals surface area contributed by atoms with E-state index in [1.165, 1.54) is 11.1 Å². The lowest BCUT2D eigenvalue weighted by Crippen LogP contribution is -1.81. The Kier molecular flexibility index (Phi) is 11.3. The lowest BCUT2D eigenvalue weighted by atomic mass is 10.1. The van der Waals surface area contributed by atoms with Crippen molar-refractivity contribution >= 4 is 0 Å². The lowest BCUT2D eigenvalue weighted by molar-refractivity contribution is 0.341. The Morgan fingerprint density at radius 3 is 2.29 bits per heavy atom. The molecule has 0 unspecified atom stereocenters. The summed E-state index contributed by atoms with van der Waals surface area (Å²) in [5.74, 6) is 0.421. The van der Waals surface area contributed by atoms with Crippen molar-refractivity contribution in [2.24, 2.45) is 0 Å². The summed E-state index contributed by atoms with van der Waals surface area (Å²) in [4.78, 5) is 0. The fraction of sp³-hybridized carbons (Fsp3) is 0.474. The quantitative estimate of drug-likeness (QED) is 0.722. The summed E-state index contributed by atoms with van der Waals surface area (Å²) in [5, 5.41) is 17.8. The van der Waals surface area contributed by atoms with Crippen molar-refractivity contribution < 1.29 is 10.2 Å². The van der Waals surface area contributed by atoms with Gasteiger partial charge in [0.2, 0.25) is 0 Å². The highest BCUT2D eigenvalue weighted by atomic mass is 16.3. The number of aliphatic hydroxyl groups is 1. The van der Waals surface area contributed by atoms with Crippen LogP contribution in [0.4, 0.5) is 0 Å². The normalized spacial score (nSPS) is 10.6. The average molecular weight is 290 g/mol. The maximum absolute atomic E-state index is 9.24. The zero-order valence-corrected chi connectivity index (χ0v) is 13.9. The smallest absolute Gasteiger partial charge is 0.118 e. The maximum atomic E-state index is 9.24. The molecule has 2 N–H and O–H groups in total. The molecule has 0 atom stereocenters. The highest BCUT2D eigenvalue weighted by Crippen LogP contribution is 2.16. The monoisotopic (exact) mass is 290 g/mol. The maximum Gasteiger partial charge on any atom is 0.118 e. The minimum Gasteiger partial charge on any atom is -0.508 e. The lowest BCUT2D eigenvalue weighted by Gasteiger charge is -1.99. The molecule has 2 heteroatoms. The second-order valence-electron chi connectivity index (χ2n) is 5.43. The average Bonchev–Trinajstić information content (AvgIpc) is 2.42. The van der Waals surface area contributed by atoms with Crippen molar-refractivity contribution in [2.45, 2.75) is 53.4 Å². The van der Waals surface area contributed by atoms with Gasteiger partial charge in [0.15, 0.2) is 0 Å². The van der Waals surface area contributed by atoms with Gasteiger partial charge in [0.1, 0.15) is 5.75 Å². The molecule has 21 heavy (non-hydrogen) atoms. The van der Waals surface area contributed by atoms with Gasteiger partial charge in [0, 0.05) is 0 Å². The van der Waals surface area contributed by atoms with Gasteiger partial charge in [-0.2, -0.15) is 0 Å². The van der Waals surface area contributed by atoms with Gasteiger partial charge >= 0.3 is 0 Å². The molecule has 0 aliphatic carbocycles. The molecule has 0 bridgehead atoms. The number of para-hydroxylation sites is 1. The molecule has 1 aromatic carbocycles. The highest BCUT2D eigenvalue weighted by molar-refractivity contribution is 5.31. The number of hydrogen-bond donors (Lipinski definition) is 2. The number of aryl methyl sites for hydroxylation is 1. The van der Waals surface area contributed by atoms with Gasteiger partial charge in [-0.15, -0.1) is 0 Å². The Bertz CT molecular complexity index is 441. The van der Waals surface area contributed by atoms with Crippen LogP contribution in [0, 0.1) is 0 Å². The third kappa shape index (κ3) is 10.9. The molecule has 0 amide bonds. The number of rotatable bonds is 6.